The average Bonchev–Trinajstić information content (AvgIpc) is 2.82. The lowest BCUT2D eigenvalue weighted by atomic mass is 10.2. The van der Waals surface area contributed by atoms with Crippen LogP contribution in [0.3, 0.4) is 0 Å². The fourth-order valence-electron chi connectivity index (χ4n) is 1.69. The van der Waals surface area contributed by atoms with Gasteiger partial charge in [-0.1, -0.05) is 18.2 Å². The summed E-state index contributed by atoms with van der Waals surface area (Å²) in [5.74, 6) is 0.955. The Morgan fingerprint density at radius 3 is 2.89 bits per heavy atom. The molecule has 1 heterocycles. The summed E-state index contributed by atoms with van der Waals surface area (Å²) >= 11 is 0. The summed E-state index contributed by atoms with van der Waals surface area (Å²) in [6.45, 7) is 0.412. The Labute approximate surface area is 105 Å². The Hall–Kier alpha value is -2.30. The van der Waals surface area contributed by atoms with Gasteiger partial charge < -0.3 is 14.6 Å². The standard InChI is InChI=1S/C13H15N3O2/c1-16-8-7-14-12(16)13(17)15-9-10-5-3-4-6-11(10)18-2/h3-8H,9H2,1-2H3,(H,15,17). The van der Waals surface area contributed by atoms with E-state index in [2.05, 4.69) is 10.3 Å². The fourth-order valence-corrected chi connectivity index (χ4v) is 1.69. The molecule has 1 amide bonds. The third-order valence-electron chi connectivity index (χ3n) is 2.66. The van der Waals surface area contributed by atoms with Crippen molar-refractivity contribution in [1.82, 2.24) is 14.9 Å². The van der Waals surface area contributed by atoms with Crippen molar-refractivity contribution in [1.29, 1.82) is 0 Å². The van der Waals surface area contributed by atoms with Crippen LogP contribution >= 0.6 is 0 Å². The number of carbonyl (C=O) groups is 1. The van der Waals surface area contributed by atoms with E-state index in [4.69, 9.17) is 4.74 Å². The molecular weight excluding hydrogens is 230 g/mol. The predicted octanol–water partition coefficient (Wildman–Crippen LogP) is 1.36. The number of imidazole rings is 1. The normalized spacial score (nSPS) is 10.1. The molecule has 2 aromatic rings. The Balaban J connectivity index is 2.04. The topological polar surface area (TPSA) is 56.1 Å². The number of nitrogens with one attached hydrogen (secondary N) is 1. The van der Waals surface area contributed by atoms with E-state index in [1.165, 1.54) is 0 Å². The molecule has 0 saturated carbocycles. The van der Waals surface area contributed by atoms with Crippen molar-refractivity contribution in [2.24, 2.45) is 7.05 Å². The number of nitrogens with zero attached hydrogens (tertiary/aromatic N) is 2. The molecule has 0 unspecified atom stereocenters. The molecule has 0 radical (unpaired) electrons. The summed E-state index contributed by atoms with van der Waals surface area (Å²) in [5.41, 5.74) is 0.933. The number of carbonyl (C=O) groups excluding carboxylic acids is 1. The van der Waals surface area contributed by atoms with Crippen LogP contribution in [0, 0.1) is 0 Å². The summed E-state index contributed by atoms with van der Waals surface area (Å²) in [6.07, 6.45) is 3.33. The second kappa shape index (κ2) is 5.35. The van der Waals surface area contributed by atoms with Gasteiger partial charge in [-0.3, -0.25) is 4.79 Å². The highest BCUT2D eigenvalue weighted by Crippen LogP contribution is 2.16. The fraction of sp³-hybridized carbons (Fsp3) is 0.231. The molecule has 0 bridgehead atoms. The summed E-state index contributed by atoms with van der Waals surface area (Å²) in [7, 11) is 3.39. The van der Waals surface area contributed by atoms with Crippen molar-refractivity contribution in [3.05, 3.63) is 48.0 Å². The number of rotatable bonds is 4. The van der Waals surface area contributed by atoms with Gasteiger partial charge in [0.05, 0.1) is 7.11 Å². The maximum Gasteiger partial charge on any atom is 0.287 e. The van der Waals surface area contributed by atoms with Crippen molar-refractivity contribution in [2.75, 3.05) is 7.11 Å². The lowest BCUT2D eigenvalue weighted by molar-refractivity contribution is 0.0937. The second-order valence-electron chi connectivity index (χ2n) is 3.86. The number of methoxy groups -OCH3 is 1. The number of hydrogen-bond donors (Lipinski definition) is 1. The molecule has 0 fully saturated rings. The molecule has 2 rings (SSSR count). The number of ether oxygens (including phenoxy) is 1. The third kappa shape index (κ3) is 2.51. The number of amides is 1. The summed E-state index contributed by atoms with van der Waals surface area (Å²) in [5, 5.41) is 2.81. The molecular formula is C13H15N3O2. The molecule has 0 aliphatic carbocycles. The first-order valence-electron chi connectivity index (χ1n) is 5.60. The highest BCUT2D eigenvalue weighted by molar-refractivity contribution is 5.90. The zero-order chi connectivity index (χ0) is 13.0. The third-order valence-corrected chi connectivity index (χ3v) is 2.66. The lowest BCUT2D eigenvalue weighted by Crippen LogP contribution is -2.25. The molecule has 0 spiro atoms. The summed E-state index contributed by atoms with van der Waals surface area (Å²) in [4.78, 5) is 15.9. The number of benzene rings is 1. The first-order chi connectivity index (χ1) is 8.72. The van der Waals surface area contributed by atoms with E-state index in [1.807, 2.05) is 24.3 Å². The van der Waals surface area contributed by atoms with Gasteiger partial charge in [-0.05, 0) is 6.07 Å². The summed E-state index contributed by atoms with van der Waals surface area (Å²) < 4.78 is 6.90. The van der Waals surface area contributed by atoms with Crippen molar-refractivity contribution < 1.29 is 9.53 Å². The minimum Gasteiger partial charge on any atom is -0.496 e. The highest BCUT2D eigenvalue weighted by atomic mass is 16.5. The largest absolute Gasteiger partial charge is 0.496 e. The van der Waals surface area contributed by atoms with E-state index in [9.17, 15) is 4.79 Å². The zero-order valence-electron chi connectivity index (χ0n) is 10.4. The van der Waals surface area contributed by atoms with Gasteiger partial charge in [0.15, 0.2) is 5.82 Å². The molecule has 1 aromatic carbocycles. The smallest absolute Gasteiger partial charge is 0.287 e. The van der Waals surface area contributed by atoms with Gasteiger partial charge in [-0.2, -0.15) is 0 Å². The molecule has 5 nitrogen and oxygen atoms in total. The van der Waals surface area contributed by atoms with E-state index >= 15 is 0 Å². The Morgan fingerprint density at radius 1 is 1.44 bits per heavy atom. The van der Waals surface area contributed by atoms with Crippen molar-refractivity contribution in [3.8, 4) is 5.75 Å². The molecule has 1 aromatic heterocycles. The lowest BCUT2D eigenvalue weighted by Gasteiger charge is -2.09. The zero-order valence-corrected chi connectivity index (χ0v) is 10.4. The van der Waals surface area contributed by atoms with Gasteiger partial charge in [0, 0.05) is 31.5 Å². The quantitative estimate of drug-likeness (QED) is 0.884. The molecule has 18 heavy (non-hydrogen) atoms. The van der Waals surface area contributed by atoms with Crippen LogP contribution in [0.25, 0.3) is 0 Å². The van der Waals surface area contributed by atoms with Gasteiger partial charge >= 0.3 is 0 Å². The molecule has 0 atom stereocenters. The van der Waals surface area contributed by atoms with Gasteiger partial charge in [0.25, 0.3) is 5.91 Å². The Kier molecular flexibility index (Phi) is 3.62. The molecule has 5 heteroatoms. The van der Waals surface area contributed by atoms with Crippen molar-refractivity contribution in [3.63, 3.8) is 0 Å². The predicted molar refractivity (Wildman–Crippen MR) is 67.4 cm³/mol. The molecule has 94 valence electrons. The molecule has 1 N–H and O–H groups in total. The van der Waals surface area contributed by atoms with Crippen molar-refractivity contribution >= 4 is 5.91 Å². The van der Waals surface area contributed by atoms with Crippen molar-refractivity contribution in [2.45, 2.75) is 6.54 Å². The molecule has 0 aliphatic rings. The van der Waals surface area contributed by atoms with E-state index in [0.29, 0.717) is 12.4 Å². The van der Waals surface area contributed by atoms with Crippen LogP contribution < -0.4 is 10.1 Å². The van der Waals surface area contributed by atoms with E-state index < -0.39 is 0 Å². The highest BCUT2D eigenvalue weighted by Gasteiger charge is 2.11. The van der Waals surface area contributed by atoms with Crippen LogP contribution in [0.4, 0.5) is 0 Å². The Morgan fingerprint density at radius 2 is 2.22 bits per heavy atom. The number of para-hydroxylation sites is 1. The summed E-state index contributed by atoms with van der Waals surface area (Å²) in [6, 6.07) is 7.58. The van der Waals surface area contributed by atoms with Gasteiger partial charge in [-0.25, -0.2) is 4.98 Å². The first kappa shape index (κ1) is 12.2. The van der Waals surface area contributed by atoms with E-state index in [1.54, 1.807) is 31.1 Å². The first-order valence-corrected chi connectivity index (χ1v) is 5.60. The average molecular weight is 245 g/mol. The van der Waals surface area contributed by atoms with Crippen LogP contribution in [-0.4, -0.2) is 22.6 Å². The van der Waals surface area contributed by atoms with Crippen LogP contribution in [0.2, 0.25) is 0 Å². The van der Waals surface area contributed by atoms with Crippen LogP contribution in [0.5, 0.6) is 5.75 Å². The maximum atomic E-state index is 11.9. The minimum absolute atomic E-state index is 0.201. The van der Waals surface area contributed by atoms with Gasteiger partial charge in [0.2, 0.25) is 0 Å². The monoisotopic (exact) mass is 245 g/mol. The SMILES string of the molecule is COc1ccccc1CNC(=O)c1nccn1C. The van der Waals surface area contributed by atoms with E-state index in [0.717, 1.165) is 11.3 Å². The minimum atomic E-state index is -0.201. The van der Waals surface area contributed by atoms with Crippen LogP contribution in [0.15, 0.2) is 36.7 Å². The van der Waals surface area contributed by atoms with Gasteiger partial charge in [-0.15, -0.1) is 0 Å². The molecule has 0 saturated heterocycles. The number of aryl methyl sites for hydroxylation is 1. The van der Waals surface area contributed by atoms with Crippen LogP contribution in [-0.2, 0) is 13.6 Å². The van der Waals surface area contributed by atoms with E-state index in [-0.39, 0.29) is 5.91 Å². The second-order valence-corrected chi connectivity index (χ2v) is 3.86. The number of aromatic nitrogens is 2. The number of hydrogen-bond acceptors (Lipinski definition) is 3. The molecule has 0 aliphatic heterocycles. The maximum absolute atomic E-state index is 11.9. The van der Waals surface area contributed by atoms with Gasteiger partial charge in [0.1, 0.15) is 5.75 Å². The Bertz CT molecular complexity index is 549. The van der Waals surface area contributed by atoms with Crippen LogP contribution in [0.1, 0.15) is 16.2 Å².